The molecule has 1 fully saturated rings. The molecule has 3 nitrogen and oxygen atoms in total. The van der Waals surface area contributed by atoms with E-state index in [1.165, 1.54) is 30.3 Å². The first-order valence-corrected chi connectivity index (χ1v) is 6.97. The first-order chi connectivity index (χ1) is 9.87. The normalized spacial score (nSPS) is 15.4. The number of hydrogen-bond acceptors (Lipinski definition) is 3. The predicted molar refractivity (Wildman–Crippen MR) is 73.1 cm³/mol. The van der Waals surface area contributed by atoms with E-state index in [1.807, 2.05) is 0 Å². The summed E-state index contributed by atoms with van der Waals surface area (Å²) in [7, 11) is 0. The maximum atomic E-state index is 12.2. The Hall–Kier alpha value is -1.94. The van der Waals surface area contributed by atoms with Crippen molar-refractivity contribution < 1.29 is 18.0 Å². The maximum absolute atomic E-state index is 12.2. The van der Waals surface area contributed by atoms with Crippen LogP contribution in [-0.4, -0.2) is 17.5 Å². The molecule has 0 spiro atoms. The third-order valence-electron chi connectivity index (χ3n) is 2.70. The Morgan fingerprint density at radius 1 is 1.33 bits per heavy atom. The molecule has 1 N–H and O–H groups in total. The van der Waals surface area contributed by atoms with E-state index < -0.39 is 11.4 Å². The zero-order valence-electron chi connectivity index (χ0n) is 10.8. The van der Waals surface area contributed by atoms with Crippen LogP contribution in [0.2, 0.25) is 0 Å². The van der Waals surface area contributed by atoms with Gasteiger partial charge >= 0.3 is 5.51 Å². The van der Waals surface area contributed by atoms with Gasteiger partial charge in [0, 0.05) is 10.9 Å². The predicted octanol–water partition coefficient (Wildman–Crippen LogP) is 3.48. The van der Waals surface area contributed by atoms with Crippen molar-refractivity contribution in [2.45, 2.75) is 29.3 Å². The second-order valence-corrected chi connectivity index (χ2v) is 5.67. The monoisotopic (exact) mass is 312 g/mol. The second kappa shape index (κ2) is 6.22. The number of halogens is 3. The molecule has 0 unspecified atom stereocenters. The summed E-state index contributed by atoms with van der Waals surface area (Å²) in [5.74, 6) is -0.450. The van der Waals surface area contributed by atoms with Crippen molar-refractivity contribution in [1.82, 2.24) is 5.32 Å². The summed E-state index contributed by atoms with van der Waals surface area (Å²) in [5.41, 5.74) is -3.89. The van der Waals surface area contributed by atoms with Crippen molar-refractivity contribution in [3.05, 3.63) is 35.4 Å². The van der Waals surface area contributed by atoms with Gasteiger partial charge in [-0.25, -0.2) is 0 Å². The van der Waals surface area contributed by atoms with Gasteiger partial charge in [0.05, 0.1) is 0 Å². The highest BCUT2D eigenvalue weighted by atomic mass is 32.2. The fourth-order valence-corrected chi connectivity index (χ4v) is 2.11. The minimum atomic E-state index is -4.33. The van der Waals surface area contributed by atoms with Crippen LogP contribution in [0.1, 0.15) is 18.4 Å². The van der Waals surface area contributed by atoms with E-state index in [0.717, 1.165) is 12.8 Å². The Bertz CT molecular complexity index is 598. The third-order valence-corrected chi connectivity index (χ3v) is 3.44. The lowest BCUT2D eigenvalue weighted by Crippen LogP contribution is -2.26. The van der Waals surface area contributed by atoms with Crippen LogP contribution in [0.3, 0.4) is 0 Å². The van der Waals surface area contributed by atoms with Gasteiger partial charge in [-0.05, 0) is 48.4 Å². The van der Waals surface area contributed by atoms with Gasteiger partial charge in [0.15, 0.2) is 0 Å². The summed E-state index contributed by atoms with van der Waals surface area (Å²) in [6.07, 6.45) is 3.18. The molecule has 0 saturated heterocycles. The Morgan fingerprint density at radius 2 is 1.95 bits per heavy atom. The van der Waals surface area contributed by atoms with Crippen molar-refractivity contribution in [1.29, 1.82) is 5.26 Å². The van der Waals surface area contributed by atoms with Crippen molar-refractivity contribution in [2.24, 2.45) is 0 Å². The summed E-state index contributed by atoms with van der Waals surface area (Å²) in [5, 5.41) is 11.7. The van der Waals surface area contributed by atoms with Crippen LogP contribution in [0.25, 0.3) is 6.08 Å². The Balaban J connectivity index is 2.08. The Labute approximate surface area is 123 Å². The fraction of sp³-hybridized carbons (Fsp3) is 0.286. The maximum Gasteiger partial charge on any atom is 0.446 e. The number of carbonyl (C=O) groups excluding carboxylic acids is 1. The van der Waals surface area contributed by atoms with Gasteiger partial charge in [-0.3, -0.25) is 4.79 Å². The molecule has 0 radical (unpaired) electrons. The van der Waals surface area contributed by atoms with Crippen molar-refractivity contribution in [3.8, 4) is 6.07 Å². The van der Waals surface area contributed by atoms with Crippen LogP contribution in [0.5, 0.6) is 0 Å². The summed E-state index contributed by atoms with van der Waals surface area (Å²) in [4.78, 5) is 11.8. The van der Waals surface area contributed by atoms with Crippen LogP contribution in [0, 0.1) is 11.3 Å². The minimum Gasteiger partial charge on any atom is -0.349 e. The van der Waals surface area contributed by atoms with E-state index in [1.54, 1.807) is 6.07 Å². The highest BCUT2D eigenvalue weighted by molar-refractivity contribution is 8.00. The third kappa shape index (κ3) is 5.16. The molecule has 7 heteroatoms. The molecule has 0 bridgehead atoms. The number of benzene rings is 1. The number of nitriles is 1. The summed E-state index contributed by atoms with van der Waals surface area (Å²) in [6.45, 7) is 0. The topological polar surface area (TPSA) is 52.9 Å². The SMILES string of the molecule is N#C/C(=C\c1ccc(SC(F)(F)F)cc1)C(=O)NC1CC1. The van der Waals surface area contributed by atoms with E-state index in [-0.39, 0.29) is 28.3 Å². The quantitative estimate of drug-likeness (QED) is 0.526. The summed E-state index contributed by atoms with van der Waals surface area (Å²) < 4.78 is 36.6. The molecule has 1 saturated carbocycles. The van der Waals surface area contributed by atoms with Gasteiger partial charge in [-0.2, -0.15) is 18.4 Å². The van der Waals surface area contributed by atoms with Gasteiger partial charge in [0.2, 0.25) is 0 Å². The molecule has 1 aromatic rings. The number of alkyl halides is 3. The smallest absolute Gasteiger partial charge is 0.349 e. The molecule has 0 aromatic heterocycles. The molecule has 0 aliphatic heterocycles. The minimum absolute atomic E-state index is 0.0561. The number of nitrogens with one attached hydrogen (secondary N) is 1. The molecular weight excluding hydrogens is 301 g/mol. The van der Waals surface area contributed by atoms with Crippen LogP contribution < -0.4 is 5.32 Å². The van der Waals surface area contributed by atoms with E-state index >= 15 is 0 Å². The van der Waals surface area contributed by atoms with E-state index in [2.05, 4.69) is 5.32 Å². The lowest BCUT2D eigenvalue weighted by atomic mass is 10.1. The zero-order valence-corrected chi connectivity index (χ0v) is 11.6. The molecular formula is C14H11F3N2OS. The zero-order chi connectivity index (χ0) is 15.5. The molecule has 1 aliphatic carbocycles. The molecule has 1 aliphatic rings. The number of nitrogens with zero attached hydrogens (tertiary/aromatic N) is 1. The van der Waals surface area contributed by atoms with Gasteiger partial charge < -0.3 is 5.32 Å². The second-order valence-electron chi connectivity index (χ2n) is 4.53. The molecule has 0 heterocycles. The number of hydrogen-bond donors (Lipinski definition) is 1. The van der Waals surface area contributed by atoms with Crippen LogP contribution in [0.4, 0.5) is 13.2 Å². The Morgan fingerprint density at radius 3 is 2.43 bits per heavy atom. The largest absolute Gasteiger partial charge is 0.446 e. The summed E-state index contributed by atoms with van der Waals surface area (Å²) in [6, 6.07) is 7.43. The average Bonchev–Trinajstić information content (AvgIpc) is 3.20. The van der Waals surface area contributed by atoms with Crippen molar-refractivity contribution in [3.63, 3.8) is 0 Å². The Kier molecular flexibility index (Phi) is 4.58. The van der Waals surface area contributed by atoms with E-state index in [9.17, 15) is 18.0 Å². The first-order valence-electron chi connectivity index (χ1n) is 6.16. The van der Waals surface area contributed by atoms with Gasteiger partial charge in [0.25, 0.3) is 5.91 Å². The highest BCUT2D eigenvalue weighted by Crippen LogP contribution is 2.36. The van der Waals surface area contributed by atoms with Gasteiger partial charge in [0.1, 0.15) is 11.6 Å². The molecule has 1 amide bonds. The fourth-order valence-electron chi connectivity index (χ4n) is 1.57. The number of rotatable bonds is 4. The van der Waals surface area contributed by atoms with Crippen LogP contribution >= 0.6 is 11.8 Å². The first kappa shape index (κ1) is 15.4. The van der Waals surface area contributed by atoms with Gasteiger partial charge in [-0.1, -0.05) is 12.1 Å². The molecule has 110 valence electrons. The van der Waals surface area contributed by atoms with E-state index in [4.69, 9.17) is 5.26 Å². The molecule has 21 heavy (non-hydrogen) atoms. The standard InChI is InChI=1S/C14H11F3N2OS/c15-14(16,17)21-12-5-1-9(2-6-12)7-10(8-18)13(20)19-11-3-4-11/h1-2,5-7,11H,3-4H2,(H,19,20)/b10-7+. The van der Waals surface area contributed by atoms with Gasteiger partial charge in [-0.15, -0.1) is 0 Å². The summed E-state index contributed by atoms with van der Waals surface area (Å²) >= 11 is -0.208. The number of amides is 1. The number of carbonyl (C=O) groups is 1. The average molecular weight is 312 g/mol. The highest BCUT2D eigenvalue weighted by Gasteiger charge is 2.29. The lowest BCUT2D eigenvalue weighted by molar-refractivity contribution is -0.117. The molecule has 2 rings (SSSR count). The van der Waals surface area contributed by atoms with Crippen LogP contribution in [0.15, 0.2) is 34.7 Å². The van der Waals surface area contributed by atoms with Crippen molar-refractivity contribution >= 4 is 23.7 Å². The molecule has 1 aromatic carbocycles. The lowest BCUT2D eigenvalue weighted by Gasteiger charge is -2.05. The number of thioether (sulfide) groups is 1. The van der Waals surface area contributed by atoms with Crippen LogP contribution in [-0.2, 0) is 4.79 Å². The van der Waals surface area contributed by atoms with Crippen molar-refractivity contribution in [2.75, 3.05) is 0 Å². The van der Waals surface area contributed by atoms with E-state index in [0.29, 0.717) is 5.56 Å². The molecule has 0 atom stereocenters.